The molecule has 0 bridgehead atoms. The van der Waals surface area contributed by atoms with Gasteiger partial charge in [-0.2, -0.15) is 0 Å². The number of nitrogens with zero attached hydrogens (tertiary/aromatic N) is 3. The summed E-state index contributed by atoms with van der Waals surface area (Å²) >= 11 is 0. The van der Waals surface area contributed by atoms with Crippen molar-refractivity contribution in [2.45, 2.75) is 52.8 Å². The summed E-state index contributed by atoms with van der Waals surface area (Å²) < 4.78 is 14.4. The number of hydrogen-bond acceptors (Lipinski definition) is 5. The van der Waals surface area contributed by atoms with E-state index in [4.69, 9.17) is 9.47 Å². The van der Waals surface area contributed by atoms with Gasteiger partial charge in [0.25, 0.3) is 5.91 Å². The van der Waals surface area contributed by atoms with E-state index in [0.29, 0.717) is 18.7 Å². The van der Waals surface area contributed by atoms with E-state index in [1.54, 1.807) is 0 Å². The highest BCUT2D eigenvalue weighted by molar-refractivity contribution is 6.08. The molecule has 4 aromatic rings. The fourth-order valence-electron chi connectivity index (χ4n) is 5.88. The van der Waals surface area contributed by atoms with Crippen LogP contribution in [0.15, 0.2) is 79.0 Å². The third-order valence-corrected chi connectivity index (χ3v) is 7.98. The summed E-state index contributed by atoms with van der Waals surface area (Å²) in [4.78, 5) is 18.5. The number of fused-ring (bicyclic) bond motifs is 1. The van der Waals surface area contributed by atoms with Crippen molar-refractivity contribution in [2.75, 3.05) is 45.9 Å². The molecule has 0 spiro atoms. The van der Waals surface area contributed by atoms with Crippen LogP contribution in [0.25, 0.3) is 10.9 Å². The van der Waals surface area contributed by atoms with Crippen LogP contribution < -0.4 is 14.8 Å². The van der Waals surface area contributed by atoms with E-state index in [1.165, 1.54) is 5.56 Å². The summed E-state index contributed by atoms with van der Waals surface area (Å²) in [5.41, 5.74) is 3.98. The molecule has 7 nitrogen and oxygen atoms in total. The minimum Gasteiger partial charge on any atom is -0.492 e. The summed E-state index contributed by atoms with van der Waals surface area (Å²) in [6.07, 6.45) is 4.22. The Kier molecular flexibility index (Phi) is 10.7. The fourth-order valence-corrected chi connectivity index (χ4v) is 5.88. The summed E-state index contributed by atoms with van der Waals surface area (Å²) in [5, 5.41) is 4.07. The van der Waals surface area contributed by atoms with Gasteiger partial charge in [-0.25, -0.2) is 0 Å². The molecule has 1 aliphatic rings. The van der Waals surface area contributed by atoms with Crippen molar-refractivity contribution in [3.63, 3.8) is 0 Å². The smallest absolute Gasteiger partial charge is 0.253 e. The SMILES string of the molecule is Cc1cccc(CNC(=O)c2cn(CCCN3CCCN(CCOc4ccccc4)CC3)c3c(OC(C)C)cccc23)c1. The molecule has 1 N–H and O–H groups in total. The topological polar surface area (TPSA) is 59.0 Å². The number of ether oxygens (including phenoxy) is 2. The van der Waals surface area contributed by atoms with Gasteiger partial charge in [-0.05, 0) is 77.0 Å². The Labute approximate surface area is 256 Å². The zero-order valence-electron chi connectivity index (χ0n) is 25.9. The van der Waals surface area contributed by atoms with Crippen molar-refractivity contribution in [1.29, 1.82) is 0 Å². The fraction of sp³-hybridized carbons (Fsp3) is 0.417. The number of para-hydroxylation sites is 2. The molecule has 43 heavy (non-hydrogen) atoms. The molecule has 5 rings (SSSR count). The largest absolute Gasteiger partial charge is 0.492 e. The van der Waals surface area contributed by atoms with Crippen molar-refractivity contribution in [3.8, 4) is 11.5 Å². The minimum atomic E-state index is -0.0594. The molecule has 3 aromatic carbocycles. The zero-order valence-corrected chi connectivity index (χ0v) is 25.9. The lowest BCUT2D eigenvalue weighted by molar-refractivity contribution is 0.0952. The molecule has 0 atom stereocenters. The van der Waals surface area contributed by atoms with Crippen LogP contribution in [0, 0.1) is 6.92 Å². The lowest BCUT2D eigenvalue weighted by atomic mass is 10.1. The monoisotopic (exact) mass is 582 g/mol. The first-order chi connectivity index (χ1) is 21.0. The van der Waals surface area contributed by atoms with E-state index < -0.39 is 0 Å². The highest BCUT2D eigenvalue weighted by atomic mass is 16.5. The second-order valence-electron chi connectivity index (χ2n) is 11.8. The first kappa shape index (κ1) is 30.6. The van der Waals surface area contributed by atoms with Crippen molar-refractivity contribution in [1.82, 2.24) is 19.7 Å². The van der Waals surface area contributed by atoms with Gasteiger partial charge in [0.2, 0.25) is 0 Å². The molecule has 228 valence electrons. The van der Waals surface area contributed by atoms with E-state index in [1.807, 2.05) is 80.7 Å². The van der Waals surface area contributed by atoms with Crippen molar-refractivity contribution < 1.29 is 14.3 Å². The molecule has 1 saturated heterocycles. The first-order valence-corrected chi connectivity index (χ1v) is 15.7. The Morgan fingerprint density at radius 2 is 1.65 bits per heavy atom. The molecule has 0 radical (unpaired) electrons. The quantitative estimate of drug-likeness (QED) is 0.205. The highest BCUT2D eigenvalue weighted by Crippen LogP contribution is 2.31. The lowest BCUT2D eigenvalue weighted by Crippen LogP contribution is -2.33. The summed E-state index contributed by atoms with van der Waals surface area (Å²) in [5.74, 6) is 1.70. The summed E-state index contributed by atoms with van der Waals surface area (Å²) in [7, 11) is 0. The molecule has 1 aliphatic heterocycles. The maximum absolute atomic E-state index is 13.4. The van der Waals surface area contributed by atoms with Crippen LogP contribution in [0.1, 0.15) is 48.2 Å². The molecule has 0 aliphatic carbocycles. The van der Waals surface area contributed by atoms with Gasteiger partial charge in [-0.1, -0.05) is 60.2 Å². The standard InChI is InChI=1S/C36H46N4O3/c1-28(2)43-34-16-8-15-32-33(36(41)37-26-30-12-7-11-29(3)25-30)27-40(35(32)34)20-10-19-38-17-9-18-39(22-21-38)23-24-42-31-13-5-4-6-14-31/h4-8,11-16,25,27-28H,9-10,17-24,26H2,1-3H3,(H,37,41). The van der Waals surface area contributed by atoms with E-state index in [0.717, 1.165) is 86.6 Å². The number of benzene rings is 3. The van der Waals surface area contributed by atoms with Crippen LogP contribution in [0.4, 0.5) is 0 Å². The number of hydrogen-bond donors (Lipinski definition) is 1. The maximum atomic E-state index is 13.4. The minimum absolute atomic E-state index is 0.0469. The van der Waals surface area contributed by atoms with E-state index in [2.05, 4.69) is 38.7 Å². The van der Waals surface area contributed by atoms with E-state index in [-0.39, 0.29) is 12.0 Å². The Morgan fingerprint density at radius 3 is 2.42 bits per heavy atom. The lowest BCUT2D eigenvalue weighted by Gasteiger charge is -2.22. The summed E-state index contributed by atoms with van der Waals surface area (Å²) in [6.45, 7) is 14.5. The highest BCUT2D eigenvalue weighted by Gasteiger charge is 2.20. The number of aryl methyl sites for hydroxylation is 2. The van der Waals surface area contributed by atoms with Crippen molar-refractivity contribution >= 4 is 16.8 Å². The van der Waals surface area contributed by atoms with Crippen LogP contribution in [-0.4, -0.2) is 72.3 Å². The number of aromatic nitrogens is 1. The normalized spacial score (nSPS) is 14.6. The van der Waals surface area contributed by atoms with Gasteiger partial charge in [-0.15, -0.1) is 0 Å². The Morgan fingerprint density at radius 1 is 0.884 bits per heavy atom. The summed E-state index contributed by atoms with van der Waals surface area (Å²) in [6, 6.07) is 24.3. The zero-order chi connectivity index (χ0) is 30.0. The molecule has 2 heterocycles. The third-order valence-electron chi connectivity index (χ3n) is 7.98. The molecule has 1 amide bonds. The van der Waals surface area contributed by atoms with Crippen LogP contribution in [-0.2, 0) is 13.1 Å². The molecular formula is C36H46N4O3. The van der Waals surface area contributed by atoms with Crippen LogP contribution in [0.5, 0.6) is 11.5 Å². The van der Waals surface area contributed by atoms with Crippen LogP contribution in [0.2, 0.25) is 0 Å². The van der Waals surface area contributed by atoms with E-state index in [9.17, 15) is 4.79 Å². The molecule has 7 heteroatoms. The average Bonchev–Trinajstić information content (AvgIpc) is 3.22. The van der Waals surface area contributed by atoms with Crippen LogP contribution >= 0.6 is 0 Å². The second-order valence-corrected chi connectivity index (χ2v) is 11.8. The predicted molar refractivity (Wildman–Crippen MR) is 174 cm³/mol. The van der Waals surface area contributed by atoms with Crippen molar-refractivity contribution in [3.05, 3.63) is 95.7 Å². The van der Waals surface area contributed by atoms with Gasteiger partial charge in [0, 0.05) is 44.3 Å². The molecular weight excluding hydrogens is 536 g/mol. The number of amides is 1. The maximum Gasteiger partial charge on any atom is 0.253 e. The number of carbonyl (C=O) groups excluding carboxylic acids is 1. The number of carbonyl (C=O) groups is 1. The van der Waals surface area contributed by atoms with Gasteiger partial charge in [0.15, 0.2) is 0 Å². The van der Waals surface area contributed by atoms with Gasteiger partial charge in [-0.3, -0.25) is 9.69 Å². The van der Waals surface area contributed by atoms with Gasteiger partial charge in [0.1, 0.15) is 18.1 Å². The second kappa shape index (κ2) is 15.1. The van der Waals surface area contributed by atoms with Gasteiger partial charge in [0.05, 0.1) is 17.2 Å². The molecule has 0 saturated carbocycles. The molecule has 1 fully saturated rings. The van der Waals surface area contributed by atoms with Crippen molar-refractivity contribution in [2.24, 2.45) is 0 Å². The van der Waals surface area contributed by atoms with Crippen LogP contribution in [0.3, 0.4) is 0 Å². The van der Waals surface area contributed by atoms with Gasteiger partial charge < -0.3 is 24.3 Å². The Balaban J connectivity index is 1.19. The van der Waals surface area contributed by atoms with Gasteiger partial charge >= 0.3 is 0 Å². The molecule has 1 aromatic heterocycles. The Hall–Kier alpha value is -3.81. The third kappa shape index (κ3) is 8.62. The first-order valence-electron chi connectivity index (χ1n) is 15.7. The Bertz CT molecular complexity index is 1470. The number of rotatable bonds is 13. The predicted octanol–water partition coefficient (Wildman–Crippen LogP) is 6.14. The van der Waals surface area contributed by atoms with E-state index >= 15 is 0 Å². The average molecular weight is 583 g/mol. The molecule has 0 unspecified atom stereocenters. The number of nitrogens with one attached hydrogen (secondary N) is 1.